The average molecular weight is 276 g/mol. The summed E-state index contributed by atoms with van der Waals surface area (Å²) in [6, 6.07) is 5.56. The van der Waals surface area contributed by atoms with Crippen LogP contribution in [0.25, 0.3) is 0 Å². The second-order valence-electron chi connectivity index (χ2n) is 5.47. The second kappa shape index (κ2) is 5.32. The number of ether oxygens (including phenoxy) is 1. The van der Waals surface area contributed by atoms with Gasteiger partial charge in [-0.3, -0.25) is 9.69 Å². The number of phenolic OH excluding ortho intramolecular Hbond substituents is 1. The molecule has 1 aromatic rings. The molecular formula is C15H20N2O3. The molecule has 0 spiro atoms. The molecule has 3 rings (SSSR count). The highest BCUT2D eigenvalue weighted by Gasteiger charge is 2.33. The van der Waals surface area contributed by atoms with Crippen molar-refractivity contribution >= 4 is 5.91 Å². The highest BCUT2D eigenvalue weighted by molar-refractivity contribution is 5.78. The SMILES string of the molecule is CNC(=O)C1CCN(C2COc3cc(O)ccc32)CC1. The molecule has 1 fully saturated rings. The van der Waals surface area contributed by atoms with E-state index in [-0.39, 0.29) is 23.6 Å². The first-order valence-electron chi connectivity index (χ1n) is 7.10. The number of phenols is 1. The van der Waals surface area contributed by atoms with Crippen LogP contribution in [0, 0.1) is 5.92 Å². The number of aromatic hydroxyl groups is 1. The van der Waals surface area contributed by atoms with Crippen LogP contribution in [0.4, 0.5) is 0 Å². The van der Waals surface area contributed by atoms with Gasteiger partial charge in [-0.2, -0.15) is 0 Å². The third kappa shape index (κ3) is 2.33. The second-order valence-corrected chi connectivity index (χ2v) is 5.47. The molecule has 108 valence electrons. The Morgan fingerprint density at radius 1 is 1.40 bits per heavy atom. The molecule has 2 N–H and O–H groups in total. The minimum atomic E-state index is 0.137. The quantitative estimate of drug-likeness (QED) is 0.854. The standard InChI is InChI=1S/C15H20N2O3/c1-16-15(19)10-4-6-17(7-5-10)13-9-20-14-8-11(18)2-3-12(13)14/h2-3,8,10,13,18H,4-7,9H2,1H3,(H,16,19). The van der Waals surface area contributed by atoms with E-state index >= 15 is 0 Å². The van der Waals surface area contributed by atoms with Crippen LogP contribution >= 0.6 is 0 Å². The molecule has 1 saturated heterocycles. The fourth-order valence-electron chi connectivity index (χ4n) is 3.16. The number of hydrogen-bond acceptors (Lipinski definition) is 4. The number of amides is 1. The lowest BCUT2D eigenvalue weighted by molar-refractivity contribution is -0.126. The van der Waals surface area contributed by atoms with Gasteiger partial charge >= 0.3 is 0 Å². The minimum absolute atomic E-state index is 0.137. The van der Waals surface area contributed by atoms with Crippen LogP contribution < -0.4 is 10.1 Å². The number of carbonyl (C=O) groups excluding carboxylic acids is 1. The number of likely N-dealkylation sites (tertiary alicyclic amines) is 1. The van der Waals surface area contributed by atoms with Gasteiger partial charge in [-0.15, -0.1) is 0 Å². The Morgan fingerprint density at radius 2 is 2.15 bits per heavy atom. The molecule has 1 amide bonds. The van der Waals surface area contributed by atoms with Gasteiger partial charge in [0.15, 0.2) is 0 Å². The van der Waals surface area contributed by atoms with Crippen molar-refractivity contribution in [1.82, 2.24) is 10.2 Å². The van der Waals surface area contributed by atoms with Crippen molar-refractivity contribution in [3.63, 3.8) is 0 Å². The van der Waals surface area contributed by atoms with Crippen LogP contribution in [0.3, 0.4) is 0 Å². The largest absolute Gasteiger partial charge is 0.508 e. The highest BCUT2D eigenvalue weighted by Crippen LogP contribution is 2.39. The average Bonchev–Trinajstić information content (AvgIpc) is 2.89. The molecule has 2 aliphatic rings. The number of hydrogen-bond donors (Lipinski definition) is 2. The number of rotatable bonds is 2. The van der Waals surface area contributed by atoms with Gasteiger partial charge in [0.1, 0.15) is 18.1 Å². The molecule has 5 heteroatoms. The van der Waals surface area contributed by atoms with Crippen molar-refractivity contribution in [1.29, 1.82) is 0 Å². The zero-order valence-corrected chi connectivity index (χ0v) is 11.6. The molecule has 0 saturated carbocycles. The van der Waals surface area contributed by atoms with Crippen molar-refractivity contribution in [3.8, 4) is 11.5 Å². The fourth-order valence-corrected chi connectivity index (χ4v) is 3.16. The van der Waals surface area contributed by atoms with E-state index in [0.717, 1.165) is 37.2 Å². The molecule has 0 radical (unpaired) electrons. The molecule has 0 bridgehead atoms. The van der Waals surface area contributed by atoms with Crippen LogP contribution in [0.15, 0.2) is 18.2 Å². The summed E-state index contributed by atoms with van der Waals surface area (Å²) in [5, 5.41) is 12.2. The topological polar surface area (TPSA) is 61.8 Å². The number of nitrogens with zero attached hydrogens (tertiary/aromatic N) is 1. The van der Waals surface area contributed by atoms with Crippen LogP contribution in [0.2, 0.25) is 0 Å². The monoisotopic (exact) mass is 276 g/mol. The van der Waals surface area contributed by atoms with E-state index in [1.165, 1.54) is 0 Å². The maximum atomic E-state index is 11.6. The number of fused-ring (bicyclic) bond motifs is 1. The Labute approximate surface area is 118 Å². The number of nitrogens with one attached hydrogen (secondary N) is 1. The smallest absolute Gasteiger partial charge is 0.222 e. The van der Waals surface area contributed by atoms with E-state index < -0.39 is 0 Å². The molecule has 0 aromatic heterocycles. The minimum Gasteiger partial charge on any atom is -0.508 e. The number of benzene rings is 1. The van der Waals surface area contributed by atoms with E-state index in [0.29, 0.717) is 6.61 Å². The number of carbonyl (C=O) groups is 1. The first-order chi connectivity index (χ1) is 9.69. The molecule has 5 nitrogen and oxygen atoms in total. The molecule has 1 aromatic carbocycles. The summed E-state index contributed by atoms with van der Waals surface area (Å²) in [5.74, 6) is 1.31. The molecular weight excluding hydrogens is 256 g/mol. The van der Waals surface area contributed by atoms with Crippen LogP contribution in [0.1, 0.15) is 24.4 Å². The normalized spacial score (nSPS) is 23.1. The van der Waals surface area contributed by atoms with E-state index in [9.17, 15) is 9.90 Å². The van der Waals surface area contributed by atoms with E-state index in [1.54, 1.807) is 19.2 Å². The zero-order chi connectivity index (χ0) is 14.1. The van der Waals surface area contributed by atoms with Gasteiger partial charge in [-0.05, 0) is 38.1 Å². The molecule has 2 aliphatic heterocycles. The van der Waals surface area contributed by atoms with Crippen LogP contribution in [0.5, 0.6) is 11.5 Å². The highest BCUT2D eigenvalue weighted by atomic mass is 16.5. The molecule has 1 atom stereocenters. The maximum Gasteiger partial charge on any atom is 0.222 e. The van der Waals surface area contributed by atoms with Crippen LogP contribution in [-0.2, 0) is 4.79 Å². The Hall–Kier alpha value is -1.75. The summed E-state index contributed by atoms with van der Waals surface area (Å²) >= 11 is 0. The predicted octanol–water partition coefficient (Wildman–Crippen LogP) is 1.28. The molecule has 0 aliphatic carbocycles. The van der Waals surface area contributed by atoms with E-state index in [1.807, 2.05) is 6.07 Å². The Balaban J connectivity index is 1.67. The summed E-state index contributed by atoms with van der Waals surface area (Å²) in [4.78, 5) is 14.0. The van der Waals surface area contributed by atoms with E-state index in [2.05, 4.69) is 10.2 Å². The summed E-state index contributed by atoms with van der Waals surface area (Å²) in [6.45, 7) is 2.45. The van der Waals surface area contributed by atoms with Gasteiger partial charge in [0, 0.05) is 24.6 Å². The molecule has 1 unspecified atom stereocenters. The van der Waals surface area contributed by atoms with Crippen LogP contribution in [-0.4, -0.2) is 42.7 Å². The van der Waals surface area contributed by atoms with E-state index in [4.69, 9.17) is 4.74 Å². The van der Waals surface area contributed by atoms with Crippen molar-refractivity contribution < 1.29 is 14.6 Å². The van der Waals surface area contributed by atoms with Gasteiger partial charge in [0.05, 0.1) is 6.04 Å². The van der Waals surface area contributed by atoms with Gasteiger partial charge < -0.3 is 15.2 Å². The van der Waals surface area contributed by atoms with Gasteiger partial charge in [-0.1, -0.05) is 0 Å². The number of piperidine rings is 1. The Bertz CT molecular complexity index is 510. The summed E-state index contributed by atoms with van der Waals surface area (Å²) in [6.07, 6.45) is 1.78. The summed E-state index contributed by atoms with van der Waals surface area (Å²) < 4.78 is 5.66. The Kier molecular flexibility index (Phi) is 3.53. The fraction of sp³-hybridized carbons (Fsp3) is 0.533. The Morgan fingerprint density at radius 3 is 2.85 bits per heavy atom. The summed E-state index contributed by atoms with van der Waals surface area (Å²) in [5.41, 5.74) is 1.14. The third-order valence-electron chi connectivity index (χ3n) is 4.34. The predicted molar refractivity (Wildman–Crippen MR) is 74.7 cm³/mol. The lowest BCUT2D eigenvalue weighted by atomic mass is 9.94. The first-order valence-corrected chi connectivity index (χ1v) is 7.10. The summed E-state index contributed by atoms with van der Waals surface area (Å²) in [7, 11) is 1.70. The maximum absolute atomic E-state index is 11.6. The lowest BCUT2D eigenvalue weighted by Gasteiger charge is -2.34. The van der Waals surface area contributed by atoms with Gasteiger partial charge in [0.2, 0.25) is 5.91 Å². The van der Waals surface area contributed by atoms with Crippen molar-refractivity contribution in [3.05, 3.63) is 23.8 Å². The van der Waals surface area contributed by atoms with Crippen molar-refractivity contribution in [2.75, 3.05) is 26.7 Å². The first kappa shape index (κ1) is 13.2. The molecule has 2 heterocycles. The third-order valence-corrected chi connectivity index (χ3v) is 4.34. The van der Waals surface area contributed by atoms with Gasteiger partial charge in [-0.25, -0.2) is 0 Å². The molecule has 20 heavy (non-hydrogen) atoms. The lowest BCUT2D eigenvalue weighted by Crippen LogP contribution is -2.41. The van der Waals surface area contributed by atoms with Gasteiger partial charge in [0.25, 0.3) is 0 Å². The zero-order valence-electron chi connectivity index (χ0n) is 11.6. The van der Waals surface area contributed by atoms with Crippen molar-refractivity contribution in [2.24, 2.45) is 5.92 Å². The van der Waals surface area contributed by atoms with Crippen molar-refractivity contribution in [2.45, 2.75) is 18.9 Å².